The normalized spacial score (nSPS) is 12.5. The Morgan fingerprint density at radius 3 is 2.67 bits per heavy atom. The lowest BCUT2D eigenvalue weighted by Crippen LogP contribution is -2.43. The van der Waals surface area contributed by atoms with E-state index in [1.807, 2.05) is 6.92 Å². The average molecular weight is 452 g/mol. The molecule has 0 aliphatic carbocycles. The molecule has 0 heterocycles. The molecule has 7 heteroatoms. The number of aliphatic imine (C=N–C) groups is 1. The van der Waals surface area contributed by atoms with Crippen LogP contribution in [-0.4, -0.2) is 57.7 Å². The zero-order valence-electron chi connectivity index (χ0n) is 15.0. The third-order valence-corrected chi connectivity index (χ3v) is 3.35. The highest BCUT2D eigenvalue weighted by Gasteiger charge is 2.09. The Balaban J connectivity index is 0.00000529. The molecule has 2 N–H and O–H groups in total. The van der Waals surface area contributed by atoms with Crippen LogP contribution < -0.4 is 15.4 Å². The summed E-state index contributed by atoms with van der Waals surface area (Å²) in [5, 5.41) is 6.52. The van der Waals surface area contributed by atoms with Gasteiger partial charge in [-0.25, -0.2) is 4.39 Å². The maximum absolute atomic E-state index is 13.2. The van der Waals surface area contributed by atoms with Crippen LogP contribution in [-0.2, 0) is 0 Å². The lowest BCUT2D eigenvalue weighted by atomic mass is 10.2. The minimum Gasteiger partial charge on any atom is -0.489 e. The summed E-state index contributed by atoms with van der Waals surface area (Å²) < 4.78 is 19.0. The first-order valence-electron chi connectivity index (χ1n) is 8.06. The van der Waals surface area contributed by atoms with Crippen LogP contribution in [0.4, 0.5) is 4.39 Å². The Bertz CT molecular complexity index is 485. The molecule has 0 spiro atoms. The molecule has 0 bridgehead atoms. The minimum atomic E-state index is -0.288. The van der Waals surface area contributed by atoms with Gasteiger partial charge in [-0.15, -0.1) is 24.0 Å². The lowest BCUT2D eigenvalue weighted by molar-refractivity contribution is 0.198. The molecule has 1 unspecified atom stereocenters. The highest BCUT2D eigenvalue weighted by Crippen LogP contribution is 2.14. The SMILES string of the molecule is CCC(CNC(=NC)NCCCN(C)C)Oc1cccc(F)c1.I. The second-order valence-electron chi connectivity index (χ2n) is 5.64. The predicted molar refractivity (Wildman–Crippen MR) is 109 cm³/mol. The van der Waals surface area contributed by atoms with Crippen LogP contribution >= 0.6 is 24.0 Å². The molecule has 24 heavy (non-hydrogen) atoms. The Hall–Kier alpha value is -1.09. The van der Waals surface area contributed by atoms with Crippen molar-refractivity contribution in [1.82, 2.24) is 15.5 Å². The van der Waals surface area contributed by atoms with Crippen molar-refractivity contribution in [1.29, 1.82) is 0 Å². The molecule has 1 rings (SSSR count). The number of nitrogens with zero attached hydrogens (tertiary/aromatic N) is 2. The van der Waals surface area contributed by atoms with Gasteiger partial charge >= 0.3 is 0 Å². The highest BCUT2D eigenvalue weighted by atomic mass is 127. The summed E-state index contributed by atoms with van der Waals surface area (Å²) in [4.78, 5) is 6.35. The Morgan fingerprint density at radius 2 is 2.08 bits per heavy atom. The number of hydrogen-bond acceptors (Lipinski definition) is 3. The maximum atomic E-state index is 13.2. The fraction of sp³-hybridized carbons (Fsp3) is 0.588. The number of guanidine groups is 1. The van der Waals surface area contributed by atoms with Gasteiger partial charge in [0.1, 0.15) is 17.7 Å². The van der Waals surface area contributed by atoms with Gasteiger partial charge in [-0.05, 0) is 45.6 Å². The molecule has 0 radical (unpaired) electrons. The predicted octanol–water partition coefficient (Wildman–Crippen LogP) is 2.72. The van der Waals surface area contributed by atoms with E-state index in [0.29, 0.717) is 12.3 Å². The molecule has 0 saturated heterocycles. The summed E-state index contributed by atoms with van der Waals surface area (Å²) in [6, 6.07) is 6.22. The Kier molecular flexibility index (Phi) is 12.6. The molecule has 5 nitrogen and oxygen atoms in total. The molecule has 138 valence electrons. The van der Waals surface area contributed by atoms with Gasteiger partial charge in [-0.3, -0.25) is 4.99 Å². The molecule has 0 aliphatic heterocycles. The van der Waals surface area contributed by atoms with Crippen molar-refractivity contribution < 1.29 is 9.13 Å². The van der Waals surface area contributed by atoms with Crippen molar-refractivity contribution in [3.05, 3.63) is 30.1 Å². The second-order valence-corrected chi connectivity index (χ2v) is 5.64. The Morgan fingerprint density at radius 1 is 1.33 bits per heavy atom. The van der Waals surface area contributed by atoms with E-state index in [-0.39, 0.29) is 35.9 Å². The molecule has 0 fully saturated rings. The molecule has 0 aromatic heterocycles. The van der Waals surface area contributed by atoms with Gasteiger partial charge in [-0.2, -0.15) is 0 Å². The number of hydrogen-bond donors (Lipinski definition) is 2. The zero-order valence-corrected chi connectivity index (χ0v) is 17.3. The molecule has 1 aromatic rings. The first-order valence-corrected chi connectivity index (χ1v) is 8.06. The number of benzene rings is 1. The number of nitrogens with one attached hydrogen (secondary N) is 2. The lowest BCUT2D eigenvalue weighted by Gasteiger charge is -2.20. The monoisotopic (exact) mass is 452 g/mol. The van der Waals surface area contributed by atoms with Gasteiger partial charge in [0.15, 0.2) is 5.96 Å². The largest absolute Gasteiger partial charge is 0.489 e. The van der Waals surface area contributed by atoms with Crippen molar-refractivity contribution in [2.24, 2.45) is 4.99 Å². The fourth-order valence-electron chi connectivity index (χ4n) is 2.04. The first-order chi connectivity index (χ1) is 11.0. The summed E-state index contributed by atoms with van der Waals surface area (Å²) in [7, 11) is 5.86. The third-order valence-electron chi connectivity index (χ3n) is 3.35. The molecule has 1 aromatic carbocycles. The number of ether oxygens (including phenoxy) is 1. The quantitative estimate of drug-likeness (QED) is 0.262. The number of rotatable bonds is 9. The second kappa shape index (κ2) is 13.2. The van der Waals surface area contributed by atoms with E-state index in [2.05, 4.69) is 34.6 Å². The maximum Gasteiger partial charge on any atom is 0.191 e. The zero-order chi connectivity index (χ0) is 17.1. The topological polar surface area (TPSA) is 48.9 Å². The first kappa shape index (κ1) is 22.9. The van der Waals surface area contributed by atoms with E-state index in [0.717, 1.165) is 31.9 Å². The van der Waals surface area contributed by atoms with Crippen molar-refractivity contribution >= 4 is 29.9 Å². The third kappa shape index (κ3) is 9.92. The van der Waals surface area contributed by atoms with E-state index in [1.54, 1.807) is 19.2 Å². The van der Waals surface area contributed by atoms with E-state index in [1.165, 1.54) is 12.1 Å². The Labute approximate surface area is 162 Å². The van der Waals surface area contributed by atoms with Gasteiger partial charge < -0.3 is 20.3 Å². The molecule has 0 saturated carbocycles. The van der Waals surface area contributed by atoms with Crippen LogP contribution in [0.2, 0.25) is 0 Å². The van der Waals surface area contributed by atoms with Crippen molar-refractivity contribution in [3.8, 4) is 5.75 Å². The van der Waals surface area contributed by atoms with Crippen molar-refractivity contribution in [2.75, 3.05) is 40.8 Å². The molecular weight excluding hydrogens is 422 g/mol. The van der Waals surface area contributed by atoms with Gasteiger partial charge in [-0.1, -0.05) is 13.0 Å². The molecule has 0 aliphatic rings. The van der Waals surface area contributed by atoms with E-state index >= 15 is 0 Å². The van der Waals surface area contributed by atoms with Crippen molar-refractivity contribution in [2.45, 2.75) is 25.9 Å². The van der Waals surface area contributed by atoms with Gasteiger partial charge in [0.2, 0.25) is 0 Å². The summed E-state index contributed by atoms with van der Waals surface area (Å²) in [5.41, 5.74) is 0. The van der Waals surface area contributed by atoms with Crippen LogP contribution in [0.1, 0.15) is 19.8 Å². The van der Waals surface area contributed by atoms with Gasteiger partial charge in [0, 0.05) is 19.7 Å². The molecule has 1 atom stereocenters. The molecular formula is C17H30FIN4O. The van der Waals surface area contributed by atoms with Gasteiger partial charge in [0.25, 0.3) is 0 Å². The van der Waals surface area contributed by atoms with Gasteiger partial charge in [0.05, 0.1) is 6.54 Å². The van der Waals surface area contributed by atoms with Crippen LogP contribution in [0.3, 0.4) is 0 Å². The summed E-state index contributed by atoms with van der Waals surface area (Å²) in [5.74, 6) is 1.02. The van der Waals surface area contributed by atoms with E-state index in [4.69, 9.17) is 4.74 Å². The van der Waals surface area contributed by atoms with Crippen LogP contribution in [0.15, 0.2) is 29.3 Å². The molecule has 0 amide bonds. The van der Waals surface area contributed by atoms with Crippen LogP contribution in [0, 0.1) is 5.82 Å². The van der Waals surface area contributed by atoms with Crippen LogP contribution in [0.25, 0.3) is 0 Å². The average Bonchev–Trinajstić information content (AvgIpc) is 2.52. The fourth-order valence-corrected chi connectivity index (χ4v) is 2.04. The van der Waals surface area contributed by atoms with Crippen LogP contribution in [0.5, 0.6) is 5.75 Å². The minimum absolute atomic E-state index is 0. The number of halogens is 2. The summed E-state index contributed by atoms with van der Waals surface area (Å²) >= 11 is 0. The van der Waals surface area contributed by atoms with Crippen molar-refractivity contribution in [3.63, 3.8) is 0 Å². The standard InChI is InChI=1S/C17H29FN4O.HI/c1-5-15(23-16-9-6-8-14(18)12-16)13-21-17(19-2)20-10-7-11-22(3)4;/h6,8-9,12,15H,5,7,10-11,13H2,1-4H3,(H2,19,20,21);1H. The summed E-state index contributed by atoms with van der Waals surface area (Å²) in [6.07, 6.45) is 1.82. The highest BCUT2D eigenvalue weighted by molar-refractivity contribution is 14.0. The van der Waals surface area contributed by atoms with E-state index in [9.17, 15) is 4.39 Å². The van der Waals surface area contributed by atoms with E-state index < -0.39 is 0 Å². The smallest absolute Gasteiger partial charge is 0.191 e. The summed E-state index contributed by atoms with van der Waals surface area (Å²) in [6.45, 7) is 4.54.